The first kappa shape index (κ1) is 11.6. The summed E-state index contributed by atoms with van der Waals surface area (Å²) in [5.74, 6) is 0. The highest BCUT2D eigenvalue weighted by Gasteiger charge is 2.11. The maximum absolute atomic E-state index is 11.4. The second-order valence-corrected chi connectivity index (χ2v) is 5.99. The standard InChI is InChI=1S/C10H14O2S2/c1-7-5-9(13(3)11)10(14(4)12)6-8(7)2/h5-6H,1-4H3. The van der Waals surface area contributed by atoms with E-state index in [-0.39, 0.29) is 0 Å². The summed E-state index contributed by atoms with van der Waals surface area (Å²) in [5, 5.41) is 0. The van der Waals surface area contributed by atoms with Crippen LogP contribution in [0, 0.1) is 13.8 Å². The Morgan fingerprint density at radius 1 is 0.857 bits per heavy atom. The van der Waals surface area contributed by atoms with Crippen LogP contribution < -0.4 is 0 Å². The number of benzene rings is 1. The van der Waals surface area contributed by atoms with Gasteiger partial charge in [0, 0.05) is 12.5 Å². The van der Waals surface area contributed by atoms with Crippen LogP contribution in [0.25, 0.3) is 0 Å². The summed E-state index contributed by atoms with van der Waals surface area (Å²) in [6.45, 7) is 3.93. The highest BCUT2D eigenvalue weighted by atomic mass is 32.2. The van der Waals surface area contributed by atoms with Crippen molar-refractivity contribution in [3.8, 4) is 0 Å². The van der Waals surface area contributed by atoms with Crippen molar-refractivity contribution in [3.05, 3.63) is 23.3 Å². The van der Waals surface area contributed by atoms with Gasteiger partial charge in [0.15, 0.2) is 0 Å². The van der Waals surface area contributed by atoms with Crippen molar-refractivity contribution in [1.29, 1.82) is 0 Å². The molecule has 0 N–H and O–H groups in total. The predicted octanol–water partition coefficient (Wildman–Crippen LogP) is 1.78. The molecule has 0 aliphatic heterocycles. The van der Waals surface area contributed by atoms with E-state index in [4.69, 9.17) is 0 Å². The highest BCUT2D eigenvalue weighted by Crippen LogP contribution is 2.21. The van der Waals surface area contributed by atoms with Gasteiger partial charge in [-0.3, -0.25) is 8.42 Å². The van der Waals surface area contributed by atoms with E-state index in [0.717, 1.165) is 11.1 Å². The Kier molecular flexibility index (Phi) is 3.61. The molecule has 0 fully saturated rings. The van der Waals surface area contributed by atoms with Gasteiger partial charge in [-0.05, 0) is 37.1 Å². The zero-order valence-electron chi connectivity index (χ0n) is 8.79. The maximum Gasteiger partial charge on any atom is 0.0549 e. The Bertz CT molecular complexity index is 372. The van der Waals surface area contributed by atoms with Gasteiger partial charge < -0.3 is 0 Å². The second kappa shape index (κ2) is 4.36. The van der Waals surface area contributed by atoms with Crippen molar-refractivity contribution in [2.75, 3.05) is 12.5 Å². The van der Waals surface area contributed by atoms with Gasteiger partial charge in [-0.1, -0.05) is 0 Å². The quantitative estimate of drug-likeness (QED) is 0.776. The van der Waals surface area contributed by atoms with Gasteiger partial charge in [0.1, 0.15) is 0 Å². The molecule has 0 aliphatic rings. The third-order valence-corrected chi connectivity index (χ3v) is 4.22. The highest BCUT2D eigenvalue weighted by molar-refractivity contribution is 7.87. The molecule has 0 spiro atoms. The lowest BCUT2D eigenvalue weighted by atomic mass is 10.1. The lowest BCUT2D eigenvalue weighted by Crippen LogP contribution is -2.00. The van der Waals surface area contributed by atoms with Crippen LogP contribution in [0.15, 0.2) is 21.9 Å². The monoisotopic (exact) mass is 230 g/mol. The summed E-state index contributed by atoms with van der Waals surface area (Å²) in [6, 6.07) is 3.73. The van der Waals surface area contributed by atoms with Crippen LogP contribution in [-0.2, 0) is 21.6 Å². The molecule has 0 aromatic heterocycles. The molecule has 2 nitrogen and oxygen atoms in total. The van der Waals surface area contributed by atoms with Crippen molar-refractivity contribution in [1.82, 2.24) is 0 Å². The van der Waals surface area contributed by atoms with Crippen LogP contribution >= 0.6 is 0 Å². The second-order valence-electron chi connectivity index (χ2n) is 3.29. The molecule has 0 aliphatic carbocycles. The minimum absolute atomic E-state index is 0.689. The Morgan fingerprint density at radius 2 is 1.14 bits per heavy atom. The molecule has 2 atom stereocenters. The molecule has 0 saturated carbocycles. The molecule has 0 heterocycles. The average Bonchev–Trinajstić information content (AvgIpc) is 2.08. The Hall–Kier alpha value is -0.480. The van der Waals surface area contributed by atoms with Gasteiger partial charge in [0.2, 0.25) is 0 Å². The Balaban J connectivity index is 3.46. The van der Waals surface area contributed by atoms with Gasteiger partial charge >= 0.3 is 0 Å². The average molecular weight is 230 g/mol. The summed E-state index contributed by atoms with van der Waals surface area (Å²) >= 11 is 0. The molecule has 1 aromatic carbocycles. The topological polar surface area (TPSA) is 34.1 Å². The molecule has 4 heteroatoms. The molecule has 1 rings (SSSR count). The van der Waals surface area contributed by atoms with Crippen molar-refractivity contribution in [2.45, 2.75) is 23.6 Å². The molecule has 0 bridgehead atoms. The van der Waals surface area contributed by atoms with E-state index in [2.05, 4.69) is 0 Å². The van der Waals surface area contributed by atoms with Crippen LogP contribution in [0.3, 0.4) is 0 Å². The fourth-order valence-corrected chi connectivity index (χ4v) is 3.29. The van der Waals surface area contributed by atoms with E-state index in [0.29, 0.717) is 9.79 Å². The minimum Gasteiger partial charge on any atom is -0.255 e. The van der Waals surface area contributed by atoms with Gasteiger partial charge in [-0.25, -0.2) is 0 Å². The van der Waals surface area contributed by atoms with Crippen molar-refractivity contribution >= 4 is 21.6 Å². The zero-order valence-corrected chi connectivity index (χ0v) is 10.4. The molecule has 1 aromatic rings. The first-order valence-corrected chi connectivity index (χ1v) is 7.33. The number of rotatable bonds is 2. The molecule has 14 heavy (non-hydrogen) atoms. The van der Waals surface area contributed by atoms with Crippen LogP contribution in [0.5, 0.6) is 0 Å². The first-order valence-electron chi connectivity index (χ1n) is 4.21. The summed E-state index contributed by atoms with van der Waals surface area (Å²) in [6.07, 6.45) is 3.22. The van der Waals surface area contributed by atoms with E-state index in [1.807, 2.05) is 26.0 Å². The van der Waals surface area contributed by atoms with Crippen molar-refractivity contribution in [3.63, 3.8) is 0 Å². The maximum atomic E-state index is 11.4. The first-order chi connectivity index (χ1) is 6.43. The zero-order chi connectivity index (χ0) is 10.9. The van der Waals surface area contributed by atoms with Crippen LogP contribution in [-0.4, -0.2) is 20.9 Å². The van der Waals surface area contributed by atoms with Crippen LogP contribution in [0.2, 0.25) is 0 Å². The third-order valence-electron chi connectivity index (χ3n) is 2.18. The fourth-order valence-electron chi connectivity index (χ4n) is 1.21. The third kappa shape index (κ3) is 2.30. The minimum atomic E-state index is -1.07. The molecule has 0 radical (unpaired) electrons. The van der Waals surface area contributed by atoms with E-state index < -0.39 is 21.6 Å². The fraction of sp³-hybridized carbons (Fsp3) is 0.400. The lowest BCUT2D eigenvalue weighted by molar-refractivity contribution is 0.678. The molecule has 0 amide bonds. The molecule has 78 valence electrons. The summed E-state index contributed by atoms with van der Waals surface area (Å²) in [7, 11) is -2.15. The normalized spacial score (nSPS) is 15.1. The number of hydrogen-bond acceptors (Lipinski definition) is 2. The smallest absolute Gasteiger partial charge is 0.0549 e. The van der Waals surface area contributed by atoms with Gasteiger partial charge in [0.25, 0.3) is 0 Å². The Labute approximate surface area is 89.6 Å². The van der Waals surface area contributed by atoms with E-state index >= 15 is 0 Å². The largest absolute Gasteiger partial charge is 0.255 e. The van der Waals surface area contributed by atoms with Crippen molar-refractivity contribution in [2.24, 2.45) is 0 Å². The molecular weight excluding hydrogens is 216 g/mol. The summed E-state index contributed by atoms with van der Waals surface area (Å²) < 4.78 is 22.8. The van der Waals surface area contributed by atoms with Gasteiger partial charge in [-0.2, -0.15) is 0 Å². The summed E-state index contributed by atoms with van der Waals surface area (Å²) in [5.41, 5.74) is 2.17. The molecule has 0 saturated heterocycles. The SMILES string of the molecule is Cc1cc(S(C)=O)c(S(C)=O)cc1C. The molecule has 2 unspecified atom stereocenters. The van der Waals surface area contributed by atoms with Crippen molar-refractivity contribution < 1.29 is 8.42 Å². The van der Waals surface area contributed by atoms with E-state index in [1.54, 1.807) is 12.5 Å². The predicted molar refractivity (Wildman–Crippen MR) is 60.6 cm³/mol. The van der Waals surface area contributed by atoms with Crippen LogP contribution in [0.1, 0.15) is 11.1 Å². The Morgan fingerprint density at radius 3 is 1.36 bits per heavy atom. The summed E-state index contributed by atoms with van der Waals surface area (Å²) in [4.78, 5) is 1.38. The van der Waals surface area contributed by atoms with Gasteiger partial charge in [0.05, 0.1) is 31.4 Å². The number of aryl methyl sites for hydroxylation is 2. The van der Waals surface area contributed by atoms with E-state index in [1.165, 1.54) is 0 Å². The molecular formula is C10H14O2S2. The van der Waals surface area contributed by atoms with E-state index in [9.17, 15) is 8.42 Å². The lowest BCUT2D eigenvalue weighted by Gasteiger charge is -2.08. The van der Waals surface area contributed by atoms with Crippen LogP contribution in [0.4, 0.5) is 0 Å². The number of hydrogen-bond donors (Lipinski definition) is 0. The van der Waals surface area contributed by atoms with Gasteiger partial charge in [-0.15, -0.1) is 0 Å².